The van der Waals surface area contributed by atoms with Gasteiger partial charge in [0.15, 0.2) is 0 Å². The number of hydrogen-bond acceptors (Lipinski definition) is 5. The predicted octanol–water partition coefficient (Wildman–Crippen LogP) is 10.2. The Balaban J connectivity index is 0.000000878. The summed E-state index contributed by atoms with van der Waals surface area (Å²) in [4.78, 5) is 5.14. The first-order valence-electron chi connectivity index (χ1n) is 19.6. The van der Waals surface area contributed by atoms with Crippen LogP contribution in [0.5, 0.6) is 0 Å². The quantitative estimate of drug-likeness (QED) is 0.234. The minimum absolute atomic E-state index is 0. The van der Waals surface area contributed by atoms with Crippen molar-refractivity contribution >= 4 is 24.8 Å². The van der Waals surface area contributed by atoms with E-state index in [9.17, 15) is 0 Å². The molecule has 1 N–H and O–H groups in total. The average Bonchev–Trinajstić information content (AvgIpc) is 3.01. The maximum Gasteiger partial charge on any atom is 0.0678 e. The molecule has 0 saturated carbocycles. The lowest BCUT2D eigenvalue weighted by Crippen LogP contribution is -2.47. The third-order valence-corrected chi connectivity index (χ3v) is 10.5. The van der Waals surface area contributed by atoms with Crippen LogP contribution in [-0.2, 0) is 33.1 Å². The molecule has 296 valence electrons. The van der Waals surface area contributed by atoms with Crippen LogP contribution < -0.4 is 0 Å². The third-order valence-electron chi connectivity index (χ3n) is 10.5. The molecule has 0 spiro atoms. The van der Waals surface area contributed by atoms with Crippen LogP contribution in [0.1, 0.15) is 125 Å². The van der Waals surface area contributed by atoms with E-state index in [1.54, 1.807) is 6.92 Å². The van der Waals surface area contributed by atoms with Crippen LogP contribution in [0.15, 0.2) is 48.5 Å². The van der Waals surface area contributed by atoms with E-state index in [4.69, 9.17) is 14.6 Å². The Morgan fingerprint density at radius 1 is 0.588 bits per heavy atom. The smallest absolute Gasteiger partial charge is 0.0678 e. The first-order valence-corrected chi connectivity index (χ1v) is 19.6. The van der Waals surface area contributed by atoms with E-state index in [2.05, 4.69) is 141 Å². The molecule has 7 heteroatoms. The summed E-state index contributed by atoms with van der Waals surface area (Å²) in [6.07, 6.45) is 6.12. The van der Waals surface area contributed by atoms with Gasteiger partial charge in [-0.3, -0.25) is 9.80 Å². The van der Waals surface area contributed by atoms with Crippen molar-refractivity contribution in [3.05, 3.63) is 70.8 Å². The Hall–Kier alpha value is -1.18. The molecule has 2 aliphatic heterocycles. The highest BCUT2D eigenvalue weighted by Crippen LogP contribution is 2.28. The Morgan fingerprint density at radius 2 is 0.843 bits per heavy atom. The number of aliphatic hydroxyl groups excluding tert-OH is 1. The van der Waals surface area contributed by atoms with Crippen LogP contribution in [0, 0.1) is 11.8 Å². The summed E-state index contributed by atoms with van der Waals surface area (Å²) in [5, 5.41) is 7.57. The Kier molecular flexibility index (Phi) is 23.7. The van der Waals surface area contributed by atoms with Gasteiger partial charge in [0.1, 0.15) is 0 Å². The minimum Gasteiger partial charge on any atom is -0.397 e. The maximum atomic E-state index is 7.57. The van der Waals surface area contributed by atoms with E-state index in [-0.39, 0.29) is 42.3 Å². The largest absolute Gasteiger partial charge is 0.397 e. The van der Waals surface area contributed by atoms with Gasteiger partial charge in [0.2, 0.25) is 0 Å². The van der Waals surface area contributed by atoms with E-state index in [0.29, 0.717) is 36.3 Å². The molecule has 0 bridgehead atoms. The van der Waals surface area contributed by atoms with Crippen LogP contribution in [0.2, 0.25) is 0 Å². The van der Waals surface area contributed by atoms with Gasteiger partial charge in [-0.2, -0.15) is 0 Å². The molecule has 2 unspecified atom stereocenters. The molecule has 2 aromatic carbocycles. The monoisotopic (exact) mass is 753 g/mol. The SMILES string of the molecule is CCC(C)(C)c1ccc(CC(C)CN2C[C@@H](C)O[C@@H](C)C2)cc1.CCC(C)(C)c1ccc(CC(C)CN2C[C@@H](C)O[C@@H](C)C2)cc1.CCO.Cl.Cl. The molecular formula is C44H78Cl2N2O3. The van der Waals surface area contributed by atoms with Gasteiger partial charge in [0.05, 0.1) is 24.4 Å². The number of halogens is 2. The minimum atomic E-state index is 0. The number of nitrogens with zero attached hydrogens (tertiary/aromatic N) is 2. The lowest BCUT2D eigenvalue weighted by molar-refractivity contribution is -0.0711. The highest BCUT2D eigenvalue weighted by molar-refractivity contribution is 5.85. The normalized spacial score (nSPS) is 22.5. The van der Waals surface area contributed by atoms with Gasteiger partial charge in [0.25, 0.3) is 0 Å². The van der Waals surface area contributed by atoms with E-state index >= 15 is 0 Å². The van der Waals surface area contributed by atoms with Crippen molar-refractivity contribution < 1.29 is 14.6 Å². The topological polar surface area (TPSA) is 45.2 Å². The molecule has 2 fully saturated rings. The molecule has 6 atom stereocenters. The zero-order valence-electron chi connectivity index (χ0n) is 34.8. The highest BCUT2D eigenvalue weighted by atomic mass is 35.5. The molecule has 5 nitrogen and oxygen atoms in total. The fraction of sp³-hybridized carbons (Fsp3) is 0.727. The summed E-state index contributed by atoms with van der Waals surface area (Å²) in [7, 11) is 0. The third kappa shape index (κ3) is 18.1. The standard InChI is InChI=1S/2C21H35NO.C2H6O.2ClH/c2*1-7-21(5,6)20-10-8-19(9-11-20)12-16(2)13-22-14-17(3)23-18(4)15-22;1-2-3;;/h2*8-11,16-18H,7,12-15H2,1-6H3;3H,2H2,1H3;2*1H/t2*16?,17-,18+;;;. The lowest BCUT2D eigenvalue weighted by atomic mass is 9.82. The van der Waals surface area contributed by atoms with Gasteiger partial charge >= 0.3 is 0 Å². The molecule has 2 heterocycles. The molecule has 0 aromatic heterocycles. The number of morpholine rings is 2. The molecule has 2 aliphatic rings. The molecule has 51 heavy (non-hydrogen) atoms. The Bertz CT molecular complexity index is 1060. The van der Waals surface area contributed by atoms with Gasteiger partial charge in [-0.05, 0) is 105 Å². The summed E-state index contributed by atoms with van der Waals surface area (Å²) in [6.45, 7) is 35.8. The number of ether oxygens (including phenoxy) is 2. The molecule has 2 aromatic rings. The van der Waals surface area contributed by atoms with Crippen molar-refractivity contribution in [3.8, 4) is 0 Å². The summed E-state index contributed by atoms with van der Waals surface area (Å²) in [5.74, 6) is 1.36. The van der Waals surface area contributed by atoms with Crippen LogP contribution in [0.25, 0.3) is 0 Å². The number of hydrogen-bond donors (Lipinski definition) is 1. The molecule has 0 radical (unpaired) electrons. The van der Waals surface area contributed by atoms with Crippen LogP contribution in [0.4, 0.5) is 0 Å². The average molecular weight is 754 g/mol. The van der Waals surface area contributed by atoms with Crippen molar-refractivity contribution in [1.82, 2.24) is 9.80 Å². The van der Waals surface area contributed by atoms with Gasteiger partial charge in [-0.15, -0.1) is 24.8 Å². The fourth-order valence-electron chi connectivity index (χ4n) is 7.27. The summed E-state index contributed by atoms with van der Waals surface area (Å²) in [6, 6.07) is 18.6. The van der Waals surface area contributed by atoms with Gasteiger partial charge in [-0.25, -0.2) is 0 Å². The van der Waals surface area contributed by atoms with Crippen molar-refractivity contribution in [2.24, 2.45) is 11.8 Å². The number of aliphatic hydroxyl groups is 1. The van der Waals surface area contributed by atoms with E-state index in [0.717, 1.165) is 39.0 Å². The van der Waals surface area contributed by atoms with E-state index < -0.39 is 0 Å². The predicted molar refractivity (Wildman–Crippen MR) is 225 cm³/mol. The summed E-state index contributed by atoms with van der Waals surface area (Å²) >= 11 is 0. The first kappa shape index (κ1) is 49.8. The zero-order valence-corrected chi connectivity index (χ0v) is 36.5. The number of rotatable bonds is 12. The highest BCUT2D eigenvalue weighted by Gasteiger charge is 2.25. The molecular weight excluding hydrogens is 675 g/mol. The summed E-state index contributed by atoms with van der Waals surface area (Å²) in [5.41, 5.74) is 6.39. The zero-order chi connectivity index (χ0) is 36.8. The fourth-order valence-corrected chi connectivity index (χ4v) is 7.27. The second-order valence-corrected chi connectivity index (χ2v) is 16.8. The van der Waals surface area contributed by atoms with Gasteiger partial charge < -0.3 is 14.6 Å². The maximum absolute atomic E-state index is 7.57. The molecule has 2 saturated heterocycles. The summed E-state index contributed by atoms with van der Waals surface area (Å²) < 4.78 is 11.7. The second-order valence-electron chi connectivity index (χ2n) is 16.8. The first-order chi connectivity index (χ1) is 23.0. The lowest BCUT2D eigenvalue weighted by Gasteiger charge is -2.36. The van der Waals surface area contributed by atoms with Crippen molar-refractivity contribution in [2.45, 2.75) is 151 Å². The van der Waals surface area contributed by atoms with E-state index in [1.165, 1.54) is 48.2 Å². The van der Waals surface area contributed by atoms with Crippen LogP contribution in [-0.4, -0.2) is 85.2 Å². The Morgan fingerprint density at radius 3 is 1.08 bits per heavy atom. The Labute approximate surface area is 327 Å². The van der Waals surface area contributed by atoms with Gasteiger partial charge in [-0.1, -0.05) is 104 Å². The van der Waals surface area contributed by atoms with Crippen LogP contribution >= 0.6 is 24.8 Å². The number of benzene rings is 2. The van der Waals surface area contributed by atoms with Gasteiger partial charge in [0, 0.05) is 45.9 Å². The molecule has 4 rings (SSSR count). The van der Waals surface area contributed by atoms with Crippen molar-refractivity contribution in [3.63, 3.8) is 0 Å². The second kappa shape index (κ2) is 24.3. The molecule has 0 amide bonds. The van der Waals surface area contributed by atoms with Crippen LogP contribution in [0.3, 0.4) is 0 Å². The van der Waals surface area contributed by atoms with Crippen molar-refractivity contribution in [1.29, 1.82) is 0 Å². The van der Waals surface area contributed by atoms with E-state index in [1.807, 2.05) is 0 Å². The van der Waals surface area contributed by atoms with Crippen molar-refractivity contribution in [2.75, 3.05) is 45.9 Å². The molecule has 0 aliphatic carbocycles.